The van der Waals surface area contributed by atoms with Crippen molar-refractivity contribution in [1.82, 2.24) is 10.2 Å². The van der Waals surface area contributed by atoms with Crippen molar-refractivity contribution in [2.75, 3.05) is 22.6 Å². The van der Waals surface area contributed by atoms with Crippen molar-refractivity contribution in [3.8, 4) is 5.75 Å². The van der Waals surface area contributed by atoms with Crippen LogP contribution in [0.1, 0.15) is 33.1 Å². The van der Waals surface area contributed by atoms with Crippen molar-refractivity contribution in [3.63, 3.8) is 0 Å². The highest BCUT2D eigenvalue weighted by Crippen LogP contribution is 2.33. The number of piperidine rings is 1. The molecule has 0 bridgehead atoms. The van der Waals surface area contributed by atoms with Gasteiger partial charge < -0.3 is 15.0 Å². The monoisotopic (exact) mass is 395 g/mol. The molecule has 140 valence electrons. The summed E-state index contributed by atoms with van der Waals surface area (Å²) < 4.78 is 5.23. The van der Waals surface area contributed by atoms with Gasteiger partial charge in [0.15, 0.2) is 0 Å². The Labute approximate surface area is 161 Å². The van der Waals surface area contributed by atoms with Crippen LogP contribution in [0.4, 0.5) is 20.7 Å². The van der Waals surface area contributed by atoms with E-state index in [1.807, 2.05) is 0 Å². The van der Waals surface area contributed by atoms with Crippen molar-refractivity contribution in [2.45, 2.75) is 45.2 Å². The molecule has 2 aromatic rings. The Bertz CT molecular complexity index is 774. The lowest BCUT2D eigenvalue weighted by atomic mass is 9.98. The maximum Gasteiger partial charge on any atom is 0.325 e. The molecule has 7 nitrogen and oxygen atoms in total. The zero-order valence-electron chi connectivity index (χ0n) is 15.0. The summed E-state index contributed by atoms with van der Waals surface area (Å²) >= 11 is 7.35. The molecule has 1 aromatic heterocycles. The third kappa shape index (κ3) is 4.19. The van der Waals surface area contributed by atoms with Gasteiger partial charge in [0.25, 0.3) is 0 Å². The molecule has 2 unspecified atom stereocenters. The van der Waals surface area contributed by atoms with Crippen LogP contribution in [0, 0.1) is 0 Å². The molecule has 0 radical (unpaired) electrons. The molecule has 0 spiro atoms. The zero-order chi connectivity index (χ0) is 18.7. The third-order valence-electron chi connectivity index (χ3n) is 4.46. The maximum atomic E-state index is 12.3. The van der Waals surface area contributed by atoms with Gasteiger partial charge in [-0.3, -0.25) is 5.32 Å². The average molecular weight is 396 g/mol. The van der Waals surface area contributed by atoms with E-state index in [4.69, 9.17) is 16.3 Å². The second-order valence-corrected chi connectivity index (χ2v) is 7.74. The number of halogens is 1. The molecule has 1 aliphatic rings. The first-order chi connectivity index (χ1) is 12.5. The molecule has 1 aliphatic heterocycles. The quantitative estimate of drug-likeness (QED) is 0.790. The van der Waals surface area contributed by atoms with E-state index in [0.29, 0.717) is 33.7 Å². The largest absolute Gasteiger partial charge is 0.495 e. The fourth-order valence-corrected chi connectivity index (χ4v) is 4.31. The molecule has 0 aliphatic carbocycles. The van der Waals surface area contributed by atoms with Crippen LogP contribution >= 0.6 is 22.9 Å². The first-order valence-corrected chi connectivity index (χ1v) is 9.70. The summed E-state index contributed by atoms with van der Waals surface area (Å²) in [5, 5.41) is 15.6. The van der Waals surface area contributed by atoms with Crippen molar-refractivity contribution >= 4 is 44.9 Å². The van der Waals surface area contributed by atoms with Crippen molar-refractivity contribution in [2.24, 2.45) is 0 Å². The summed E-state index contributed by atoms with van der Waals surface area (Å²) in [4.78, 5) is 14.6. The molecule has 2 amide bonds. The molecular formula is C17H22ClN5O2S. The van der Waals surface area contributed by atoms with E-state index in [9.17, 15) is 4.79 Å². The molecule has 2 atom stereocenters. The Morgan fingerprint density at radius 3 is 2.69 bits per heavy atom. The standard InChI is InChI=1S/C17H22ClN5O2S/c1-10-5-4-6-11(2)23(10)17-22-21-16(26-17)20-15(24)19-13-9-12(18)7-8-14(13)25-3/h7-11H,4-6H2,1-3H3,(H2,19,20,21,24). The number of carbonyl (C=O) groups excluding carboxylic acids is 1. The third-order valence-corrected chi connectivity index (χ3v) is 5.55. The lowest BCUT2D eigenvalue weighted by molar-refractivity contribution is 0.262. The molecule has 1 aromatic carbocycles. The van der Waals surface area contributed by atoms with Gasteiger partial charge in [0.1, 0.15) is 5.75 Å². The Balaban J connectivity index is 1.67. The van der Waals surface area contributed by atoms with E-state index in [1.165, 1.54) is 24.9 Å². The van der Waals surface area contributed by atoms with Crippen LogP contribution in [-0.2, 0) is 0 Å². The summed E-state index contributed by atoms with van der Waals surface area (Å²) in [5.74, 6) is 0.526. The number of benzene rings is 1. The number of nitrogens with zero attached hydrogens (tertiary/aromatic N) is 3. The van der Waals surface area contributed by atoms with Gasteiger partial charge in [-0.15, -0.1) is 10.2 Å². The SMILES string of the molecule is COc1ccc(Cl)cc1NC(=O)Nc1nnc(N2C(C)CCCC2C)s1. The highest BCUT2D eigenvalue weighted by atomic mass is 35.5. The smallest absolute Gasteiger partial charge is 0.325 e. The first-order valence-electron chi connectivity index (χ1n) is 8.51. The van der Waals surface area contributed by atoms with Gasteiger partial charge in [0.2, 0.25) is 10.3 Å². The van der Waals surface area contributed by atoms with Gasteiger partial charge in [0, 0.05) is 17.1 Å². The van der Waals surface area contributed by atoms with Crippen LogP contribution in [0.25, 0.3) is 0 Å². The summed E-state index contributed by atoms with van der Waals surface area (Å²) in [7, 11) is 1.53. The number of carbonyl (C=O) groups is 1. The van der Waals surface area contributed by atoms with E-state index >= 15 is 0 Å². The van der Waals surface area contributed by atoms with Gasteiger partial charge in [0.05, 0.1) is 12.8 Å². The Hall–Kier alpha value is -2.06. The molecule has 9 heteroatoms. The van der Waals surface area contributed by atoms with Crippen LogP contribution in [0.15, 0.2) is 18.2 Å². The van der Waals surface area contributed by atoms with E-state index in [0.717, 1.165) is 18.0 Å². The van der Waals surface area contributed by atoms with Crippen LogP contribution in [0.5, 0.6) is 5.75 Å². The van der Waals surface area contributed by atoms with Crippen molar-refractivity contribution < 1.29 is 9.53 Å². The number of aromatic nitrogens is 2. The predicted octanol–water partition coefficient (Wildman–Crippen LogP) is 4.61. The molecule has 26 heavy (non-hydrogen) atoms. The number of rotatable bonds is 4. The molecule has 2 heterocycles. The van der Waals surface area contributed by atoms with Crippen LogP contribution < -0.4 is 20.3 Å². The molecule has 1 saturated heterocycles. The zero-order valence-corrected chi connectivity index (χ0v) is 16.5. The second kappa shape index (κ2) is 8.09. The summed E-state index contributed by atoms with van der Waals surface area (Å²) in [6, 6.07) is 5.44. The van der Waals surface area contributed by atoms with Gasteiger partial charge in [-0.1, -0.05) is 22.9 Å². The minimum absolute atomic E-state index is 0.420. The second-order valence-electron chi connectivity index (χ2n) is 6.35. The number of hydrogen-bond acceptors (Lipinski definition) is 6. The molecule has 0 saturated carbocycles. The number of amides is 2. The van der Waals surface area contributed by atoms with E-state index < -0.39 is 6.03 Å². The van der Waals surface area contributed by atoms with Gasteiger partial charge >= 0.3 is 6.03 Å². The maximum absolute atomic E-state index is 12.3. The van der Waals surface area contributed by atoms with Crippen molar-refractivity contribution in [1.29, 1.82) is 0 Å². The highest BCUT2D eigenvalue weighted by Gasteiger charge is 2.27. The number of ether oxygens (including phenoxy) is 1. The molecule has 2 N–H and O–H groups in total. The lowest BCUT2D eigenvalue weighted by Crippen LogP contribution is -2.43. The van der Waals surface area contributed by atoms with E-state index in [-0.39, 0.29) is 0 Å². The van der Waals surface area contributed by atoms with Crippen LogP contribution in [0.2, 0.25) is 5.02 Å². The van der Waals surface area contributed by atoms with Gasteiger partial charge in [-0.05, 0) is 51.3 Å². The van der Waals surface area contributed by atoms with Crippen LogP contribution in [-0.4, -0.2) is 35.4 Å². The molecular weight excluding hydrogens is 374 g/mol. The van der Waals surface area contributed by atoms with Gasteiger partial charge in [-0.25, -0.2) is 4.79 Å². The van der Waals surface area contributed by atoms with Gasteiger partial charge in [-0.2, -0.15) is 0 Å². The number of nitrogens with one attached hydrogen (secondary N) is 2. The number of hydrogen-bond donors (Lipinski definition) is 2. The topological polar surface area (TPSA) is 79.4 Å². The summed E-state index contributed by atoms with van der Waals surface area (Å²) in [6.45, 7) is 4.39. The fraction of sp³-hybridized carbons (Fsp3) is 0.471. The summed E-state index contributed by atoms with van der Waals surface area (Å²) in [6.07, 6.45) is 3.51. The minimum Gasteiger partial charge on any atom is -0.495 e. The Kier molecular flexibility index (Phi) is 5.83. The normalized spacial score (nSPS) is 19.9. The Morgan fingerprint density at radius 1 is 1.27 bits per heavy atom. The minimum atomic E-state index is -0.423. The average Bonchev–Trinajstić information content (AvgIpc) is 3.02. The van der Waals surface area contributed by atoms with E-state index in [1.54, 1.807) is 18.2 Å². The number of anilines is 3. The molecule has 3 rings (SSSR count). The first kappa shape index (κ1) is 18.7. The number of urea groups is 1. The summed E-state index contributed by atoms with van der Waals surface area (Å²) in [5.41, 5.74) is 0.487. The Morgan fingerprint density at radius 2 is 2.00 bits per heavy atom. The number of methoxy groups -OCH3 is 1. The van der Waals surface area contributed by atoms with Crippen molar-refractivity contribution in [3.05, 3.63) is 23.2 Å². The lowest BCUT2D eigenvalue weighted by Gasteiger charge is -2.38. The van der Waals surface area contributed by atoms with E-state index in [2.05, 4.69) is 39.6 Å². The van der Waals surface area contributed by atoms with Crippen LogP contribution in [0.3, 0.4) is 0 Å². The fourth-order valence-electron chi connectivity index (χ4n) is 3.20. The highest BCUT2D eigenvalue weighted by molar-refractivity contribution is 7.19. The molecule has 1 fully saturated rings. The predicted molar refractivity (Wildman–Crippen MR) is 106 cm³/mol.